The van der Waals surface area contributed by atoms with E-state index < -0.39 is 0 Å². The number of ether oxygens (including phenoxy) is 3. The Labute approximate surface area is 136 Å². The third-order valence-corrected chi connectivity index (χ3v) is 4.82. The fourth-order valence-electron chi connectivity index (χ4n) is 3.51. The minimum Gasteiger partial charge on any atom is -0.490 e. The van der Waals surface area contributed by atoms with Crippen LogP contribution in [0.5, 0.6) is 5.75 Å². The van der Waals surface area contributed by atoms with E-state index in [1.807, 2.05) is 18.3 Å². The zero-order chi connectivity index (χ0) is 15.5. The Morgan fingerprint density at radius 1 is 1.04 bits per heavy atom. The molecule has 1 atom stereocenters. The van der Waals surface area contributed by atoms with Crippen LogP contribution in [0.3, 0.4) is 0 Å². The maximum absolute atomic E-state index is 6.14. The first-order chi connectivity index (χ1) is 11.4. The molecule has 1 saturated carbocycles. The van der Waals surface area contributed by atoms with Crippen molar-refractivity contribution in [3.05, 3.63) is 24.4 Å². The Morgan fingerprint density at radius 2 is 1.91 bits per heavy atom. The van der Waals surface area contributed by atoms with Gasteiger partial charge in [-0.2, -0.15) is 5.10 Å². The van der Waals surface area contributed by atoms with Gasteiger partial charge in [-0.05, 0) is 63.1 Å². The predicted octanol–water partition coefficient (Wildman–Crippen LogP) is 3.80. The molecule has 1 saturated heterocycles. The van der Waals surface area contributed by atoms with Crippen LogP contribution in [0.2, 0.25) is 0 Å². The summed E-state index contributed by atoms with van der Waals surface area (Å²) in [5.41, 5.74) is 1.04. The minimum atomic E-state index is 0.0229. The van der Waals surface area contributed by atoms with Crippen LogP contribution in [-0.2, 0) is 9.47 Å². The maximum Gasteiger partial charge on any atom is 0.157 e. The highest BCUT2D eigenvalue weighted by atomic mass is 16.7. The summed E-state index contributed by atoms with van der Waals surface area (Å²) >= 11 is 0. The second-order valence-corrected chi connectivity index (χ2v) is 6.57. The molecule has 2 fully saturated rings. The maximum atomic E-state index is 6.14. The van der Waals surface area contributed by atoms with E-state index in [0.717, 1.165) is 55.4 Å². The van der Waals surface area contributed by atoms with Crippen LogP contribution >= 0.6 is 0 Å². The van der Waals surface area contributed by atoms with Crippen molar-refractivity contribution >= 4 is 10.9 Å². The molecule has 5 nitrogen and oxygen atoms in total. The van der Waals surface area contributed by atoms with E-state index in [1.165, 1.54) is 12.8 Å². The molecule has 5 heteroatoms. The lowest BCUT2D eigenvalue weighted by atomic mass is 9.94. The first-order valence-corrected chi connectivity index (χ1v) is 8.74. The van der Waals surface area contributed by atoms with Gasteiger partial charge >= 0.3 is 0 Å². The average Bonchev–Trinajstić information content (AvgIpc) is 3.05. The molecular weight excluding hydrogens is 292 g/mol. The molecule has 0 amide bonds. The number of hydrogen-bond donors (Lipinski definition) is 1. The van der Waals surface area contributed by atoms with E-state index in [0.29, 0.717) is 6.10 Å². The summed E-state index contributed by atoms with van der Waals surface area (Å²) in [7, 11) is 0. The van der Waals surface area contributed by atoms with Crippen LogP contribution < -0.4 is 4.74 Å². The molecule has 1 aromatic heterocycles. The van der Waals surface area contributed by atoms with Crippen LogP contribution in [-0.4, -0.2) is 35.3 Å². The Hall–Kier alpha value is -1.59. The number of aromatic nitrogens is 2. The van der Waals surface area contributed by atoms with Gasteiger partial charge in [0.1, 0.15) is 5.75 Å². The summed E-state index contributed by atoms with van der Waals surface area (Å²) < 4.78 is 17.9. The highest BCUT2D eigenvalue weighted by molar-refractivity contribution is 5.79. The van der Waals surface area contributed by atoms with Gasteiger partial charge in [0.2, 0.25) is 0 Å². The SMILES string of the molecule is c1cc2[nH]ncc2cc1OC1CCC(O[C@H]2CCCCO2)CC1. The molecule has 0 spiro atoms. The van der Waals surface area contributed by atoms with Gasteiger partial charge in [-0.1, -0.05) is 0 Å². The largest absolute Gasteiger partial charge is 0.490 e. The molecule has 1 aliphatic carbocycles. The first kappa shape index (κ1) is 15.0. The quantitative estimate of drug-likeness (QED) is 0.932. The van der Waals surface area contributed by atoms with Gasteiger partial charge in [0, 0.05) is 12.0 Å². The van der Waals surface area contributed by atoms with Crippen molar-refractivity contribution in [1.29, 1.82) is 0 Å². The molecule has 1 aromatic carbocycles. The summed E-state index contributed by atoms with van der Waals surface area (Å²) in [6.45, 7) is 0.847. The fourth-order valence-corrected chi connectivity index (χ4v) is 3.51. The first-order valence-electron chi connectivity index (χ1n) is 8.74. The van der Waals surface area contributed by atoms with E-state index in [4.69, 9.17) is 14.2 Å². The van der Waals surface area contributed by atoms with Crippen molar-refractivity contribution in [3.63, 3.8) is 0 Å². The Balaban J connectivity index is 1.27. The molecular formula is C18H24N2O3. The second-order valence-electron chi connectivity index (χ2n) is 6.57. The molecule has 1 aliphatic heterocycles. The molecule has 4 rings (SSSR count). The molecule has 0 radical (unpaired) electrons. The predicted molar refractivity (Wildman–Crippen MR) is 87.4 cm³/mol. The van der Waals surface area contributed by atoms with Crippen molar-refractivity contribution in [1.82, 2.24) is 10.2 Å². The van der Waals surface area contributed by atoms with Crippen LogP contribution in [0.25, 0.3) is 10.9 Å². The van der Waals surface area contributed by atoms with Crippen LogP contribution in [0.4, 0.5) is 0 Å². The zero-order valence-corrected chi connectivity index (χ0v) is 13.4. The van der Waals surface area contributed by atoms with Gasteiger partial charge < -0.3 is 14.2 Å². The van der Waals surface area contributed by atoms with Crippen LogP contribution in [0.15, 0.2) is 24.4 Å². The van der Waals surface area contributed by atoms with Gasteiger partial charge in [-0.15, -0.1) is 0 Å². The smallest absolute Gasteiger partial charge is 0.157 e. The topological polar surface area (TPSA) is 56.4 Å². The fraction of sp³-hybridized carbons (Fsp3) is 0.611. The number of hydrogen-bond acceptors (Lipinski definition) is 4. The number of H-pyrrole nitrogens is 1. The van der Waals surface area contributed by atoms with E-state index >= 15 is 0 Å². The molecule has 23 heavy (non-hydrogen) atoms. The number of rotatable bonds is 4. The molecule has 2 heterocycles. The van der Waals surface area contributed by atoms with Crippen LogP contribution in [0, 0.1) is 0 Å². The van der Waals surface area contributed by atoms with Gasteiger partial charge in [0.05, 0.1) is 23.9 Å². The summed E-state index contributed by atoms with van der Waals surface area (Å²) in [5.74, 6) is 0.930. The van der Waals surface area contributed by atoms with E-state index in [2.05, 4.69) is 16.3 Å². The highest BCUT2D eigenvalue weighted by Gasteiger charge is 2.26. The van der Waals surface area contributed by atoms with Gasteiger partial charge in [-0.25, -0.2) is 0 Å². The minimum absolute atomic E-state index is 0.0229. The lowest BCUT2D eigenvalue weighted by Gasteiger charge is -2.32. The van der Waals surface area contributed by atoms with Crippen molar-refractivity contribution < 1.29 is 14.2 Å². The molecule has 1 N–H and O–H groups in total. The normalized spacial score (nSPS) is 28.8. The van der Waals surface area contributed by atoms with Crippen LogP contribution in [0.1, 0.15) is 44.9 Å². The number of fused-ring (bicyclic) bond motifs is 1. The Kier molecular flexibility index (Phi) is 4.48. The Morgan fingerprint density at radius 3 is 2.74 bits per heavy atom. The molecule has 2 aromatic rings. The molecule has 2 aliphatic rings. The average molecular weight is 316 g/mol. The lowest BCUT2D eigenvalue weighted by molar-refractivity contribution is -0.195. The zero-order valence-electron chi connectivity index (χ0n) is 13.4. The summed E-state index contributed by atoms with van der Waals surface area (Å²) in [4.78, 5) is 0. The Bertz CT molecular complexity index is 628. The number of aromatic amines is 1. The summed E-state index contributed by atoms with van der Waals surface area (Å²) in [6.07, 6.45) is 10.1. The highest BCUT2D eigenvalue weighted by Crippen LogP contribution is 2.28. The number of benzene rings is 1. The van der Waals surface area contributed by atoms with Crippen molar-refractivity contribution in [3.8, 4) is 5.75 Å². The monoisotopic (exact) mass is 316 g/mol. The standard InChI is InChI=1S/C18H24N2O3/c1-2-10-21-18(3-1)23-15-6-4-14(5-7-15)22-16-8-9-17-13(11-16)12-19-20-17/h8-9,11-12,14-15,18H,1-7,10H2,(H,19,20)/t14?,15?,18-/m0/s1. The van der Waals surface area contributed by atoms with Crippen molar-refractivity contribution in [2.75, 3.05) is 6.61 Å². The third kappa shape index (κ3) is 3.67. The van der Waals surface area contributed by atoms with Crippen molar-refractivity contribution in [2.45, 2.75) is 63.4 Å². The van der Waals surface area contributed by atoms with E-state index in [9.17, 15) is 0 Å². The molecule has 0 bridgehead atoms. The van der Waals surface area contributed by atoms with Gasteiger partial charge in [0.25, 0.3) is 0 Å². The lowest BCUT2D eigenvalue weighted by Crippen LogP contribution is -2.33. The summed E-state index contributed by atoms with van der Waals surface area (Å²) in [6, 6.07) is 6.09. The van der Waals surface area contributed by atoms with Crippen molar-refractivity contribution in [2.24, 2.45) is 0 Å². The second kappa shape index (κ2) is 6.89. The van der Waals surface area contributed by atoms with Gasteiger partial charge in [0.15, 0.2) is 6.29 Å². The third-order valence-electron chi connectivity index (χ3n) is 4.82. The number of nitrogens with zero attached hydrogens (tertiary/aromatic N) is 1. The molecule has 124 valence electrons. The van der Waals surface area contributed by atoms with E-state index in [-0.39, 0.29) is 12.4 Å². The number of nitrogens with one attached hydrogen (secondary N) is 1. The van der Waals surface area contributed by atoms with E-state index in [1.54, 1.807) is 0 Å². The van der Waals surface area contributed by atoms with Gasteiger partial charge in [-0.3, -0.25) is 5.10 Å². The molecule has 0 unspecified atom stereocenters. The summed E-state index contributed by atoms with van der Waals surface area (Å²) in [5, 5.41) is 8.10.